The van der Waals surface area contributed by atoms with E-state index in [1.54, 1.807) is 6.07 Å². The zero-order valence-electron chi connectivity index (χ0n) is 11.7. The van der Waals surface area contributed by atoms with E-state index in [0.717, 1.165) is 44.2 Å². The molecule has 2 atom stereocenters. The molecule has 0 radical (unpaired) electrons. The molecule has 0 heterocycles. The highest BCUT2D eigenvalue weighted by atomic mass is 19.4. The number of ether oxygens (including phenoxy) is 1. The highest BCUT2D eigenvalue weighted by molar-refractivity contribution is 5.31. The van der Waals surface area contributed by atoms with Crippen molar-refractivity contribution in [1.29, 1.82) is 0 Å². The van der Waals surface area contributed by atoms with Gasteiger partial charge in [0.25, 0.3) is 0 Å². The first-order valence-electron chi connectivity index (χ1n) is 7.44. The van der Waals surface area contributed by atoms with Gasteiger partial charge in [-0.1, -0.05) is 25.3 Å². The van der Waals surface area contributed by atoms with E-state index in [9.17, 15) is 18.3 Å². The lowest BCUT2D eigenvalue weighted by Crippen LogP contribution is -2.60. The molecule has 1 N–H and O–H groups in total. The van der Waals surface area contributed by atoms with Crippen molar-refractivity contribution in [3.63, 3.8) is 0 Å². The fourth-order valence-electron chi connectivity index (χ4n) is 3.67. The number of benzene rings is 1. The van der Waals surface area contributed by atoms with Gasteiger partial charge in [0, 0.05) is 11.8 Å². The van der Waals surface area contributed by atoms with Crippen molar-refractivity contribution < 1.29 is 23.0 Å². The summed E-state index contributed by atoms with van der Waals surface area (Å²) in [6.07, 6.45) is 0.668. The first-order valence-corrected chi connectivity index (χ1v) is 7.44. The molecule has 0 amide bonds. The summed E-state index contributed by atoms with van der Waals surface area (Å²) >= 11 is 0. The zero-order chi connectivity index (χ0) is 15.1. The van der Waals surface area contributed by atoms with Gasteiger partial charge in [-0.25, -0.2) is 0 Å². The summed E-state index contributed by atoms with van der Waals surface area (Å²) < 4.78 is 43.9. The van der Waals surface area contributed by atoms with E-state index in [1.807, 2.05) is 0 Å². The highest BCUT2D eigenvalue weighted by Gasteiger charge is 2.56. The Bertz CT molecular complexity index is 506. The Morgan fingerprint density at radius 2 is 1.86 bits per heavy atom. The number of aliphatic hydroxyl groups is 1. The van der Waals surface area contributed by atoms with Crippen LogP contribution in [-0.4, -0.2) is 17.3 Å². The van der Waals surface area contributed by atoms with Gasteiger partial charge in [0.15, 0.2) is 0 Å². The van der Waals surface area contributed by atoms with Crippen LogP contribution in [0.2, 0.25) is 0 Å². The maximum Gasteiger partial charge on any atom is 0.416 e. The summed E-state index contributed by atoms with van der Waals surface area (Å²) in [6.45, 7) is 0. The van der Waals surface area contributed by atoms with Crippen molar-refractivity contribution in [1.82, 2.24) is 0 Å². The summed E-state index contributed by atoms with van der Waals surface area (Å²) in [5, 5.41) is 10.1. The smallest absolute Gasteiger partial charge is 0.416 e. The molecule has 0 saturated heterocycles. The van der Waals surface area contributed by atoms with E-state index >= 15 is 0 Å². The predicted molar refractivity (Wildman–Crippen MR) is 72.0 cm³/mol. The third kappa shape index (κ3) is 2.63. The van der Waals surface area contributed by atoms with Gasteiger partial charge in [0.1, 0.15) is 11.9 Å². The SMILES string of the molecule is OC1CC(Oc2cccc(C(F)(F)F)c2)C12CCCCC2. The van der Waals surface area contributed by atoms with E-state index in [4.69, 9.17) is 4.74 Å². The number of halogens is 3. The van der Waals surface area contributed by atoms with Crippen molar-refractivity contribution in [3.05, 3.63) is 29.8 Å². The van der Waals surface area contributed by atoms with Gasteiger partial charge in [-0.2, -0.15) is 13.2 Å². The molecule has 1 aromatic carbocycles. The lowest BCUT2D eigenvalue weighted by Gasteiger charge is -2.55. The first kappa shape index (κ1) is 14.7. The molecule has 0 aliphatic heterocycles. The summed E-state index contributed by atoms with van der Waals surface area (Å²) in [4.78, 5) is 0. The second-order valence-corrected chi connectivity index (χ2v) is 6.18. The van der Waals surface area contributed by atoms with Gasteiger partial charge >= 0.3 is 6.18 Å². The molecule has 0 aromatic heterocycles. The molecule has 5 heteroatoms. The summed E-state index contributed by atoms with van der Waals surface area (Å²) in [6, 6.07) is 5.00. The van der Waals surface area contributed by atoms with Crippen LogP contribution >= 0.6 is 0 Å². The summed E-state index contributed by atoms with van der Waals surface area (Å²) in [5.41, 5.74) is -0.940. The number of alkyl halides is 3. The quantitative estimate of drug-likeness (QED) is 0.888. The van der Waals surface area contributed by atoms with Gasteiger partial charge in [-0.3, -0.25) is 0 Å². The average molecular weight is 300 g/mol. The Balaban J connectivity index is 1.75. The van der Waals surface area contributed by atoms with E-state index in [2.05, 4.69) is 0 Å². The molecule has 21 heavy (non-hydrogen) atoms. The van der Waals surface area contributed by atoms with Crippen LogP contribution in [0.3, 0.4) is 0 Å². The molecule has 116 valence electrons. The largest absolute Gasteiger partial charge is 0.490 e. The van der Waals surface area contributed by atoms with E-state index in [0.29, 0.717) is 6.42 Å². The number of hydrogen-bond acceptors (Lipinski definition) is 2. The lowest BCUT2D eigenvalue weighted by atomic mass is 9.56. The van der Waals surface area contributed by atoms with Crippen LogP contribution in [0.1, 0.15) is 44.1 Å². The van der Waals surface area contributed by atoms with Crippen LogP contribution in [0.5, 0.6) is 5.75 Å². The third-order valence-electron chi connectivity index (χ3n) is 4.97. The van der Waals surface area contributed by atoms with Gasteiger partial charge < -0.3 is 9.84 Å². The number of rotatable bonds is 2. The molecule has 3 rings (SSSR count). The van der Waals surface area contributed by atoms with Gasteiger partial charge in [-0.15, -0.1) is 0 Å². The van der Waals surface area contributed by atoms with Gasteiger partial charge in [0.05, 0.1) is 11.7 Å². The molecular weight excluding hydrogens is 281 g/mol. The Hall–Kier alpha value is -1.23. The van der Waals surface area contributed by atoms with E-state index in [1.165, 1.54) is 6.07 Å². The topological polar surface area (TPSA) is 29.5 Å². The van der Waals surface area contributed by atoms with Crippen molar-refractivity contribution in [3.8, 4) is 5.75 Å². The van der Waals surface area contributed by atoms with Gasteiger partial charge in [0.2, 0.25) is 0 Å². The highest BCUT2D eigenvalue weighted by Crippen LogP contribution is 2.53. The zero-order valence-corrected chi connectivity index (χ0v) is 11.7. The molecule has 0 bridgehead atoms. The number of aliphatic hydroxyl groups excluding tert-OH is 1. The molecule has 1 spiro atoms. The Kier molecular flexibility index (Phi) is 3.64. The summed E-state index contributed by atoms with van der Waals surface area (Å²) in [5.74, 6) is 0.242. The fraction of sp³-hybridized carbons (Fsp3) is 0.625. The standard InChI is InChI=1S/C16H19F3O2/c17-16(18,19)11-5-4-6-12(9-11)21-14-10-13(20)15(14)7-2-1-3-8-15/h4-6,9,13-14,20H,1-3,7-8,10H2. The predicted octanol–water partition coefficient (Wildman–Crippen LogP) is 4.17. The van der Waals surface area contributed by atoms with E-state index in [-0.39, 0.29) is 23.4 Å². The van der Waals surface area contributed by atoms with Gasteiger partial charge in [-0.05, 0) is 31.0 Å². The van der Waals surface area contributed by atoms with Crippen LogP contribution < -0.4 is 4.74 Å². The first-order chi connectivity index (χ1) is 9.92. The van der Waals surface area contributed by atoms with Crippen molar-refractivity contribution in [2.24, 2.45) is 5.41 Å². The van der Waals surface area contributed by atoms with Crippen LogP contribution in [0, 0.1) is 5.41 Å². The second kappa shape index (κ2) is 5.20. The Morgan fingerprint density at radius 1 is 1.14 bits per heavy atom. The maximum atomic E-state index is 12.7. The van der Waals surface area contributed by atoms with Crippen LogP contribution in [0.25, 0.3) is 0 Å². The molecule has 2 unspecified atom stereocenters. The molecule has 2 nitrogen and oxygen atoms in total. The molecule has 2 aliphatic carbocycles. The van der Waals surface area contributed by atoms with E-state index < -0.39 is 11.7 Å². The van der Waals surface area contributed by atoms with Crippen molar-refractivity contribution in [2.45, 2.75) is 56.9 Å². The molecule has 2 aliphatic rings. The minimum Gasteiger partial charge on any atom is -0.490 e. The fourth-order valence-corrected chi connectivity index (χ4v) is 3.67. The average Bonchev–Trinajstić information content (AvgIpc) is 2.47. The Morgan fingerprint density at radius 3 is 2.48 bits per heavy atom. The van der Waals surface area contributed by atoms with Crippen LogP contribution in [-0.2, 0) is 6.18 Å². The minimum absolute atomic E-state index is 0.170. The number of hydrogen-bond donors (Lipinski definition) is 1. The summed E-state index contributed by atoms with van der Waals surface area (Å²) in [7, 11) is 0. The molecule has 1 aromatic rings. The minimum atomic E-state index is -4.36. The molecule has 2 fully saturated rings. The second-order valence-electron chi connectivity index (χ2n) is 6.18. The lowest BCUT2D eigenvalue weighted by molar-refractivity contribution is -0.172. The van der Waals surface area contributed by atoms with Crippen molar-refractivity contribution in [2.75, 3.05) is 0 Å². The van der Waals surface area contributed by atoms with Crippen LogP contribution in [0.15, 0.2) is 24.3 Å². The molecule has 2 saturated carbocycles. The molecular formula is C16H19F3O2. The monoisotopic (exact) mass is 300 g/mol. The maximum absolute atomic E-state index is 12.7. The van der Waals surface area contributed by atoms with Crippen molar-refractivity contribution >= 4 is 0 Å². The normalized spacial score (nSPS) is 28.2. The Labute approximate surface area is 121 Å². The van der Waals surface area contributed by atoms with Crippen LogP contribution in [0.4, 0.5) is 13.2 Å². The third-order valence-corrected chi connectivity index (χ3v) is 4.97.